The Balaban J connectivity index is 2.44. The molecule has 0 atom stereocenters. The van der Waals surface area contributed by atoms with Crippen LogP contribution in [0.25, 0.3) is 0 Å². The predicted molar refractivity (Wildman–Crippen MR) is 79.4 cm³/mol. The number of amidine groups is 1. The summed E-state index contributed by atoms with van der Waals surface area (Å²) in [5.74, 6) is 0.735. The van der Waals surface area contributed by atoms with E-state index in [4.69, 9.17) is 15.9 Å². The number of nitrogen functional groups attached to an aromatic ring is 1. The first-order valence-corrected chi connectivity index (χ1v) is 7.21. The van der Waals surface area contributed by atoms with Crippen molar-refractivity contribution >= 4 is 21.8 Å². The van der Waals surface area contributed by atoms with Gasteiger partial charge in [0.1, 0.15) is 11.6 Å². The molecular weight excluding hydrogens is 292 g/mol. The molecule has 0 bridgehead atoms. The maximum absolute atomic E-state index is 7.52. The number of halogens is 1. The van der Waals surface area contributed by atoms with Crippen molar-refractivity contribution in [1.82, 2.24) is 0 Å². The summed E-state index contributed by atoms with van der Waals surface area (Å²) in [6.07, 6.45) is 6.05. The molecule has 3 nitrogen and oxygen atoms in total. The fraction of sp³-hybridized carbons (Fsp3) is 0.500. The van der Waals surface area contributed by atoms with Crippen LogP contribution in [0.15, 0.2) is 22.7 Å². The minimum absolute atomic E-state index is 0.0392. The molecule has 1 aromatic carbocycles. The maximum atomic E-state index is 7.52. The second kappa shape index (κ2) is 8.14. The first-order chi connectivity index (χ1) is 8.65. The lowest BCUT2D eigenvalue weighted by Crippen LogP contribution is -2.13. The molecular formula is C14H21BrN2O. The molecule has 0 aliphatic heterocycles. The average molecular weight is 313 g/mol. The lowest BCUT2D eigenvalue weighted by molar-refractivity contribution is 0.304. The van der Waals surface area contributed by atoms with Crippen molar-refractivity contribution in [2.24, 2.45) is 5.73 Å². The lowest BCUT2D eigenvalue weighted by atomic mass is 10.1. The lowest BCUT2D eigenvalue weighted by Gasteiger charge is -2.11. The van der Waals surface area contributed by atoms with Crippen LogP contribution >= 0.6 is 15.9 Å². The fourth-order valence-corrected chi connectivity index (χ4v) is 2.09. The van der Waals surface area contributed by atoms with Crippen molar-refractivity contribution in [3.63, 3.8) is 0 Å². The number of hydrogen-bond donors (Lipinski definition) is 2. The Morgan fingerprint density at radius 3 is 2.67 bits per heavy atom. The van der Waals surface area contributed by atoms with Gasteiger partial charge in [-0.25, -0.2) is 0 Å². The summed E-state index contributed by atoms with van der Waals surface area (Å²) in [4.78, 5) is 0. The Bertz CT molecular complexity index is 393. The zero-order valence-corrected chi connectivity index (χ0v) is 12.4. The normalized spacial score (nSPS) is 10.3. The van der Waals surface area contributed by atoms with Gasteiger partial charge in [-0.3, -0.25) is 5.41 Å². The van der Waals surface area contributed by atoms with E-state index in [0.29, 0.717) is 17.9 Å². The highest BCUT2D eigenvalue weighted by Gasteiger charge is 2.07. The van der Waals surface area contributed by atoms with Crippen LogP contribution in [0.4, 0.5) is 0 Å². The van der Waals surface area contributed by atoms with E-state index in [-0.39, 0.29) is 5.84 Å². The van der Waals surface area contributed by atoms with Gasteiger partial charge in [0.15, 0.2) is 0 Å². The Hall–Kier alpha value is -1.03. The molecule has 1 rings (SSSR count). The first-order valence-electron chi connectivity index (χ1n) is 6.42. The van der Waals surface area contributed by atoms with E-state index in [0.717, 1.165) is 10.9 Å². The smallest absolute Gasteiger partial charge is 0.130 e. The van der Waals surface area contributed by atoms with E-state index in [2.05, 4.69) is 22.9 Å². The van der Waals surface area contributed by atoms with Crippen molar-refractivity contribution in [3.8, 4) is 5.75 Å². The van der Waals surface area contributed by atoms with Gasteiger partial charge < -0.3 is 10.5 Å². The van der Waals surface area contributed by atoms with E-state index in [1.54, 1.807) is 0 Å². The zero-order valence-electron chi connectivity index (χ0n) is 10.8. The Kier molecular flexibility index (Phi) is 6.80. The average Bonchev–Trinajstić information content (AvgIpc) is 2.35. The van der Waals surface area contributed by atoms with Crippen molar-refractivity contribution in [2.75, 3.05) is 6.61 Å². The number of nitrogens with one attached hydrogen (secondary N) is 1. The number of unbranched alkanes of at least 4 members (excludes halogenated alkanes) is 4. The van der Waals surface area contributed by atoms with E-state index in [1.165, 1.54) is 25.7 Å². The number of hydrogen-bond acceptors (Lipinski definition) is 2. The molecule has 3 N–H and O–H groups in total. The van der Waals surface area contributed by atoms with Crippen LogP contribution in [0.2, 0.25) is 0 Å². The first kappa shape index (κ1) is 15.0. The van der Waals surface area contributed by atoms with E-state index >= 15 is 0 Å². The molecule has 0 fully saturated rings. The Morgan fingerprint density at radius 2 is 2.00 bits per heavy atom. The summed E-state index contributed by atoms with van der Waals surface area (Å²) in [7, 11) is 0. The molecule has 0 aliphatic carbocycles. The van der Waals surface area contributed by atoms with Crippen molar-refractivity contribution in [3.05, 3.63) is 28.2 Å². The zero-order chi connectivity index (χ0) is 13.4. The van der Waals surface area contributed by atoms with Gasteiger partial charge in [0.05, 0.1) is 12.2 Å². The third-order valence-corrected chi connectivity index (χ3v) is 3.23. The molecule has 0 radical (unpaired) electrons. The summed E-state index contributed by atoms with van der Waals surface area (Å²) in [5.41, 5.74) is 6.19. The molecule has 0 saturated carbocycles. The number of nitrogens with two attached hydrogens (primary N) is 1. The van der Waals surface area contributed by atoms with Crippen molar-refractivity contribution in [1.29, 1.82) is 5.41 Å². The van der Waals surface area contributed by atoms with Gasteiger partial charge in [-0.2, -0.15) is 0 Å². The van der Waals surface area contributed by atoms with Gasteiger partial charge in [-0.1, -0.05) is 48.5 Å². The van der Waals surface area contributed by atoms with Gasteiger partial charge in [0.25, 0.3) is 0 Å². The van der Waals surface area contributed by atoms with Crippen LogP contribution in [0.1, 0.15) is 44.6 Å². The molecule has 0 saturated heterocycles. The van der Waals surface area contributed by atoms with Gasteiger partial charge in [0, 0.05) is 4.47 Å². The third kappa shape index (κ3) is 5.08. The molecule has 18 heavy (non-hydrogen) atoms. The SMILES string of the molecule is CCCCCCCOc1ccc(Br)cc1C(=N)N. The maximum Gasteiger partial charge on any atom is 0.130 e. The van der Waals surface area contributed by atoms with Gasteiger partial charge in [-0.15, -0.1) is 0 Å². The molecule has 0 aromatic heterocycles. The largest absolute Gasteiger partial charge is 0.493 e. The number of benzene rings is 1. The summed E-state index contributed by atoms with van der Waals surface area (Å²) in [6.45, 7) is 2.89. The van der Waals surface area contributed by atoms with Crippen LogP contribution in [0.3, 0.4) is 0 Å². The van der Waals surface area contributed by atoms with Gasteiger partial charge in [0.2, 0.25) is 0 Å². The second-order valence-electron chi connectivity index (χ2n) is 4.32. The standard InChI is InChI=1S/C14H21BrN2O/c1-2-3-4-5-6-9-18-13-8-7-11(15)10-12(13)14(16)17/h7-8,10H,2-6,9H2,1H3,(H3,16,17). The number of ether oxygens (including phenoxy) is 1. The molecule has 4 heteroatoms. The Labute approximate surface area is 117 Å². The van der Waals surface area contributed by atoms with Crippen LogP contribution in [-0.4, -0.2) is 12.4 Å². The highest BCUT2D eigenvalue weighted by atomic mass is 79.9. The molecule has 0 aliphatic rings. The van der Waals surface area contributed by atoms with Crippen molar-refractivity contribution in [2.45, 2.75) is 39.0 Å². The topological polar surface area (TPSA) is 59.1 Å². The fourth-order valence-electron chi connectivity index (χ4n) is 1.73. The van der Waals surface area contributed by atoms with E-state index in [9.17, 15) is 0 Å². The van der Waals surface area contributed by atoms with Crippen molar-refractivity contribution < 1.29 is 4.74 Å². The summed E-state index contributed by atoms with van der Waals surface area (Å²) in [5, 5.41) is 7.52. The molecule has 0 heterocycles. The van der Waals surface area contributed by atoms with Gasteiger partial charge in [-0.05, 0) is 24.6 Å². The highest BCUT2D eigenvalue weighted by Crippen LogP contribution is 2.23. The summed E-state index contributed by atoms with van der Waals surface area (Å²) < 4.78 is 6.60. The molecule has 1 aromatic rings. The van der Waals surface area contributed by atoms with Crippen LogP contribution in [0, 0.1) is 5.41 Å². The van der Waals surface area contributed by atoms with Crippen LogP contribution in [0.5, 0.6) is 5.75 Å². The Morgan fingerprint density at radius 1 is 1.28 bits per heavy atom. The van der Waals surface area contributed by atoms with E-state index < -0.39 is 0 Å². The monoisotopic (exact) mass is 312 g/mol. The minimum Gasteiger partial charge on any atom is -0.493 e. The minimum atomic E-state index is 0.0392. The molecule has 0 spiro atoms. The predicted octanol–water partition coefficient (Wildman–Crippen LogP) is 4.08. The second-order valence-corrected chi connectivity index (χ2v) is 5.23. The van der Waals surface area contributed by atoms with Crippen LogP contribution in [-0.2, 0) is 0 Å². The third-order valence-electron chi connectivity index (χ3n) is 2.74. The molecule has 0 unspecified atom stereocenters. The summed E-state index contributed by atoms with van der Waals surface area (Å²) in [6, 6.07) is 5.57. The van der Waals surface area contributed by atoms with E-state index in [1.807, 2.05) is 18.2 Å². The quantitative estimate of drug-likeness (QED) is 0.431. The highest BCUT2D eigenvalue weighted by molar-refractivity contribution is 9.10. The summed E-state index contributed by atoms with van der Waals surface area (Å²) >= 11 is 3.37. The molecule has 0 amide bonds. The number of rotatable bonds is 8. The van der Waals surface area contributed by atoms with Gasteiger partial charge >= 0.3 is 0 Å². The molecule has 100 valence electrons. The van der Waals surface area contributed by atoms with Crippen LogP contribution < -0.4 is 10.5 Å².